The van der Waals surface area contributed by atoms with Crippen LogP contribution in [0.5, 0.6) is 0 Å². The van der Waals surface area contributed by atoms with E-state index in [-0.39, 0.29) is 5.54 Å². The van der Waals surface area contributed by atoms with Gasteiger partial charge in [-0.1, -0.05) is 13.3 Å². The van der Waals surface area contributed by atoms with Crippen LogP contribution in [-0.4, -0.2) is 26.6 Å². The lowest BCUT2D eigenvalue weighted by Gasteiger charge is -2.26. The molecule has 0 fully saturated rings. The van der Waals surface area contributed by atoms with Crippen molar-refractivity contribution in [1.29, 1.82) is 0 Å². The van der Waals surface area contributed by atoms with Gasteiger partial charge in [0, 0.05) is 5.54 Å². The number of aryl methyl sites for hydroxylation is 1. The molecule has 20 heavy (non-hydrogen) atoms. The van der Waals surface area contributed by atoms with E-state index in [1.807, 2.05) is 6.92 Å². The van der Waals surface area contributed by atoms with E-state index in [2.05, 4.69) is 36.1 Å². The molecule has 0 amide bonds. The molecule has 2 N–H and O–H groups in total. The molecule has 0 spiro atoms. The third-order valence-corrected chi connectivity index (χ3v) is 4.44. The Bertz CT molecular complexity index is 649. The molecule has 0 radical (unpaired) electrons. The molecule has 0 atom stereocenters. The Kier molecular flexibility index (Phi) is 3.94. The third kappa shape index (κ3) is 2.75. The molecule has 0 aliphatic heterocycles. The molecule has 0 bridgehead atoms. The van der Waals surface area contributed by atoms with Gasteiger partial charge >= 0.3 is 5.97 Å². The summed E-state index contributed by atoms with van der Waals surface area (Å²) in [6.45, 7) is 8.18. The Hall–Kier alpha value is -1.69. The average Bonchev–Trinajstić information content (AvgIpc) is 2.67. The SMILES string of the molecule is CCCC(C)(C)Nc1ncnc2sc(C(=O)O)c(C)c12. The van der Waals surface area contributed by atoms with Gasteiger partial charge in [-0.3, -0.25) is 0 Å². The van der Waals surface area contributed by atoms with E-state index in [1.54, 1.807) is 0 Å². The van der Waals surface area contributed by atoms with Gasteiger partial charge in [0.1, 0.15) is 21.9 Å². The van der Waals surface area contributed by atoms with Gasteiger partial charge in [0.25, 0.3) is 0 Å². The van der Waals surface area contributed by atoms with E-state index >= 15 is 0 Å². The molecular weight excluding hydrogens is 274 g/mol. The summed E-state index contributed by atoms with van der Waals surface area (Å²) in [5, 5.41) is 13.5. The van der Waals surface area contributed by atoms with Crippen molar-refractivity contribution < 1.29 is 9.90 Å². The minimum absolute atomic E-state index is 0.0895. The zero-order valence-electron chi connectivity index (χ0n) is 12.1. The molecule has 0 saturated carbocycles. The predicted molar refractivity (Wildman–Crippen MR) is 81.7 cm³/mol. The standard InChI is InChI=1S/C14H19N3O2S/c1-5-6-14(3,4)17-11-9-8(2)10(13(18)19)20-12(9)16-7-15-11/h7H,5-6H2,1-4H3,(H,18,19)(H,15,16,17). The largest absolute Gasteiger partial charge is 0.477 e. The van der Waals surface area contributed by atoms with Crippen molar-refractivity contribution in [2.45, 2.75) is 46.1 Å². The normalized spacial score (nSPS) is 11.8. The lowest BCUT2D eigenvalue weighted by atomic mass is 9.99. The van der Waals surface area contributed by atoms with Crippen LogP contribution in [0, 0.1) is 6.92 Å². The second-order valence-corrected chi connectivity index (χ2v) is 6.52. The van der Waals surface area contributed by atoms with Gasteiger partial charge in [-0.2, -0.15) is 0 Å². The summed E-state index contributed by atoms with van der Waals surface area (Å²) in [6.07, 6.45) is 3.55. The summed E-state index contributed by atoms with van der Waals surface area (Å²) in [6, 6.07) is 0. The number of fused-ring (bicyclic) bond motifs is 1. The summed E-state index contributed by atoms with van der Waals surface area (Å²) < 4.78 is 0. The number of carboxylic acid groups (broad SMARTS) is 1. The fourth-order valence-corrected chi connectivity index (χ4v) is 3.37. The number of hydrogen-bond acceptors (Lipinski definition) is 5. The molecule has 108 valence electrons. The van der Waals surface area contributed by atoms with Crippen LogP contribution in [0.4, 0.5) is 5.82 Å². The van der Waals surface area contributed by atoms with Crippen LogP contribution in [-0.2, 0) is 0 Å². The average molecular weight is 293 g/mol. The first-order chi connectivity index (χ1) is 9.35. The molecule has 5 nitrogen and oxygen atoms in total. The third-order valence-electron chi connectivity index (χ3n) is 3.25. The minimum atomic E-state index is -0.913. The van der Waals surface area contributed by atoms with Gasteiger partial charge in [0.15, 0.2) is 0 Å². The second kappa shape index (κ2) is 5.36. The Balaban J connectivity index is 2.52. The first-order valence-electron chi connectivity index (χ1n) is 6.61. The molecule has 2 rings (SSSR count). The maximum Gasteiger partial charge on any atom is 0.346 e. The summed E-state index contributed by atoms with van der Waals surface area (Å²) in [4.78, 5) is 20.8. The monoisotopic (exact) mass is 293 g/mol. The van der Waals surface area contributed by atoms with E-state index < -0.39 is 5.97 Å². The van der Waals surface area contributed by atoms with Crippen molar-refractivity contribution in [3.05, 3.63) is 16.8 Å². The number of carbonyl (C=O) groups is 1. The Labute approximate surface area is 122 Å². The molecule has 6 heteroatoms. The lowest BCUT2D eigenvalue weighted by molar-refractivity contribution is 0.0701. The molecule has 0 aliphatic carbocycles. The van der Waals surface area contributed by atoms with E-state index in [0.29, 0.717) is 9.71 Å². The van der Waals surface area contributed by atoms with E-state index in [4.69, 9.17) is 0 Å². The molecule has 2 aromatic heterocycles. The highest BCUT2D eigenvalue weighted by molar-refractivity contribution is 7.20. The summed E-state index contributed by atoms with van der Waals surface area (Å²) in [5.74, 6) is -0.195. The first-order valence-corrected chi connectivity index (χ1v) is 7.43. The van der Waals surface area contributed by atoms with Crippen molar-refractivity contribution in [3.8, 4) is 0 Å². The Morgan fingerprint density at radius 1 is 1.45 bits per heavy atom. The van der Waals surface area contributed by atoms with Crippen LogP contribution in [0.1, 0.15) is 48.8 Å². The first kappa shape index (κ1) is 14.7. The molecule has 0 saturated heterocycles. The molecule has 2 aromatic rings. The zero-order valence-corrected chi connectivity index (χ0v) is 13.0. The van der Waals surface area contributed by atoms with E-state index in [9.17, 15) is 9.90 Å². The highest BCUT2D eigenvalue weighted by Crippen LogP contribution is 2.34. The van der Waals surface area contributed by atoms with Crippen LogP contribution in [0.15, 0.2) is 6.33 Å². The maximum absolute atomic E-state index is 11.2. The van der Waals surface area contributed by atoms with Gasteiger partial charge < -0.3 is 10.4 Å². The van der Waals surface area contributed by atoms with Crippen LogP contribution in [0.3, 0.4) is 0 Å². The number of nitrogens with one attached hydrogen (secondary N) is 1. The minimum Gasteiger partial charge on any atom is -0.477 e. The predicted octanol–water partition coefficient (Wildman–Crippen LogP) is 3.69. The number of aromatic nitrogens is 2. The van der Waals surface area contributed by atoms with Crippen molar-refractivity contribution >= 4 is 33.3 Å². The number of rotatable bonds is 5. The van der Waals surface area contributed by atoms with Gasteiger partial charge in [-0.15, -0.1) is 11.3 Å². The van der Waals surface area contributed by atoms with Crippen molar-refractivity contribution in [3.63, 3.8) is 0 Å². The molecule has 0 aliphatic rings. The number of carboxylic acids is 1. The summed E-state index contributed by atoms with van der Waals surface area (Å²) >= 11 is 1.19. The Morgan fingerprint density at radius 3 is 2.75 bits per heavy atom. The van der Waals surface area contributed by atoms with Crippen molar-refractivity contribution in [2.24, 2.45) is 0 Å². The number of thiophene rings is 1. The molecule has 2 heterocycles. The van der Waals surface area contributed by atoms with Crippen LogP contribution < -0.4 is 5.32 Å². The summed E-state index contributed by atoms with van der Waals surface area (Å²) in [7, 11) is 0. The van der Waals surface area contributed by atoms with Crippen LogP contribution in [0.25, 0.3) is 10.2 Å². The van der Waals surface area contributed by atoms with Crippen molar-refractivity contribution in [1.82, 2.24) is 9.97 Å². The van der Waals surface area contributed by atoms with E-state index in [0.717, 1.165) is 29.6 Å². The molecular formula is C14H19N3O2S. The number of anilines is 1. The van der Waals surface area contributed by atoms with E-state index in [1.165, 1.54) is 17.7 Å². The smallest absolute Gasteiger partial charge is 0.346 e. The van der Waals surface area contributed by atoms with Crippen LogP contribution in [0.2, 0.25) is 0 Å². The zero-order chi connectivity index (χ0) is 14.9. The Morgan fingerprint density at radius 2 is 2.15 bits per heavy atom. The highest BCUT2D eigenvalue weighted by atomic mass is 32.1. The molecule has 0 unspecified atom stereocenters. The fraction of sp³-hybridized carbons (Fsp3) is 0.500. The van der Waals surface area contributed by atoms with Crippen molar-refractivity contribution in [2.75, 3.05) is 5.32 Å². The van der Waals surface area contributed by atoms with Crippen LogP contribution >= 0.6 is 11.3 Å². The quantitative estimate of drug-likeness (QED) is 0.879. The molecule has 0 aromatic carbocycles. The highest BCUT2D eigenvalue weighted by Gasteiger charge is 2.22. The maximum atomic E-state index is 11.2. The lowest BCUT2D eigenvalue weighted by Crippen LogP contribution is -2.31. The summed E-state index contributed by atoms with van der Waals surface area (Å²) in [5.41, 5.74) is 0.640. The van der Waals surface area contributed by atoms with Gasteiger partial charge in [0.2, 0.25) is 0 Å². The van der Waals surface area contributed by atoms with Gasteiger partial charge in [0.05, 0.1) is 5.39 Å². The number of nitrogens with zero attached hydrogens (tertiary/aromatic N) is 2. The topological polar surface area (TPSA) is 75.1 Å². The fourth-order valence-electron chi connectivity index (χ4n) is 2.38. The van der Waals surface area contributed by atoms with Gasteiger partial charge in [-0.05, 0) is 32.8 Å². The number of aromatic carboxylic acids is 1. The number of hydrogen-bond donors (Lipinski definition) is 2. The van der Waals surface area contributed by atoms with Gasteiger partial charge in [-0.25, -0.2) is 14.8 Å². The second-order valence-electron chi connectivity index (χ2n) is 5.52.